The van der Waals surface area contributed by atoms with Crippen LogP contribution in [0.15, 0.2) is 76.5 Å². The van der Waals surface area contributed by atoms with Crippen LogP contribution in [0.1, 0.15) is 10.4 Å². The second kappa shape index (κ2) is 9.97. The van der Waals surface area contributed by atoms with Crippen LogP contribution in [0, 0.1) is 0 Å². The average Bonchev–Trinajstić information content (AvgIpc) is 3.19. The molecule has 0 saturated carbocycles. The smallest absolute Gasteiger partial charge is 0.475 e. The van der Waals surface area contributed by atoms with E-state index in [9.17, 15) is 18.0 Å². The van der Waals surface area contributed by atoms with E-state index in [1.54, 1.807) is 30.0 Å². The summed E-state index contributed by atoms with van der Waals surface area (Å²) >= 11 is 7.59. The van der Waals surface area contributed by atoms with E-state index in [-0.39, 0.29) is 0 Å². The number of halogens is 4. The molecule has 6 nitrogen and oxygen atoms in total. The Hall–Kier alpha value is -3.50. The summed E-state index contributed by atoms with van der Waals surface area (Å²) in [6.07, 6.45) is -5.08. The lowest BCUT2D eigenvalue weighted by Gasteiger charge is -2.03. The molecule has 0 aliphatic rings. The van der Waals surface area contributed by atoms with Crippen LogP contribution in [0.3, 0.4) is 0 Å². The molecule has 0 unspecified atom stereocenters. The highest BCUT2D eigenvalue weighted by Gasteiger charge is 2.38. The number of carbonyl (C=O) groups excluding carboxylic acids is 1. The van der Waals surface area contributed by atoms with Crippen LogP contribution < -0.4 is 5.73 Å². The lowest BCUT2D eigenvalue weighted by atomic mass is 10.2. The fourth-order valence-electron chi connectivity index (χ4n) is 2.62. The van der Waals surface area contributed by atoms with Crippen molar-refractivity contribution in [3.05, 3.63) is 77.3 Å². The summed E-state index contributed by atoms with van der Waals surface area (Å²) in [6, 6.07) is 21.1. The minimum atomic E-state index is -5.08. The van der Waals surface area contributed by atoms with Crippen LogP contribution in [0.4, 0.5) is 13.2 Å². The highest BCUT2D eigenvalue weighted by atomic mass is 35.5. The number of carboxylic acids is 1. The number of alkyl halides is 3. The number of hydrogen-bond acceptors (Lipinski definition) is 4. The van der Waals surface area contributed by atoms with Crippen molar-refractivity contribution in [2.24, 2.45) is 5.73 Å². The standard InChI is InChI=1S/C20H14ClN3OS.C2HF3O2/c21-14-4-8-16(9-5-14)26-15-6-1-12(2-7-15)20-23-17-10-3-13(19(22)25)11-18(17)24-20;3-2(4,5)1(6)7/h1-11H,(H2,22,25)(H,23,24);(H,6,7). The summed E-state index contributed by atoms with van der Waals surface area (Å²) in [5.74, 6) is -2.45. The van der Waals surface area contributed by atoms with E-state index < -0.39 is 18.1 Å². The van der Waals surface area contributed by atoms with Gasteiger partial charge in [0.1, 0.15) is 5.82 Å². The normalized spacial score (nSPS) is 11.0. The molecule has 11 heteroatoms. The molecule has 4 rings (SSSR count). The summed E-state index contributed by atoms with van der Waals surface area (Å²) in [6.45, 7) is 0. The number of aliphatic carboxylic acids is 1. The number of rotatable bonds is 4. The van der Waals surface area contributed by atoms with E-state index >= 15 is 0 Å². The zero-order valence-electron chi connectivity index (χ0n) is 16.6. The molecule has 33 heavy (non-hydrogen) atoms. The lowest BCUT2D eigenvalue weighted by molar-refractivity contribution is -0.192. The molecular formula is C22H15ClF3N3O3S. The number of hydrogen-bond donors (Lipinski definition) is 3. The van der Waals surface area contributed by atoms with E-state index in [0.717, 1.165) is 37.2 Å². The van der Waals surface area contributed by atoms with Gasteiger partial charge >= 0.3 is 12.1 Å². The van der Waals surface area contributed by atoms with Gasteiger partial charge in [-0.1, -0.05) is 35.5 Å². The van der Waals surface area contributed by atoms with Gasteiger partial charge in [-0.25, -0.2) is 9.78 Å². The van der Waals surface area contributed by atoms with Gasteiger partial charge in [-0.15, -0.1) is 0 Å². The second-order valence-corrected chi connectivity index (χ2v) is 8.15. The fraction of sp³-hybridized carbons (Fsp3) is 0.0455. The van der Waals surface area contributed by atoms with Crippen molar-refractivity contribution < 1.29 is 27.9 Å². The van der Waals surface area contributed by atoms with E-state index in [1.807, 2.05) is 36.4 Å². The molecule has 0 atom stereocenters. The highest BCUT2D eigenvalue weighted by molar-refractivity contribution is 7.99. The zero-order valence-corrected chi connectivity index (χ0v) is 18.1. The van der Waals surface area contributed by atoms with Crippen LogP contribution in [-0.4, -0.2) is 33.1 Å². The minimum absolute atomic E-state index is 0.452. The van der Waals surface area contributed by atoms with Crippen molar-refractivity contribution in [1.82, 2.24) is 9.97 Å². The first-order valence-corrected chi connectivity index (χ1v) is 10.4. The van der Waals surface area contributed by atoms with Gasteiger partial charge in [0.15, 0.2) is 0 Å². The van der Waals surface area contributed by atoms with Crippen LogP contribution in [-0.2, 0) is 4.79 Å². The Morgan fingerprint density at radius 2 is 1.52 bits per heavy atom. The number of benzene rings is 3. The summed E-state index contributed by atoms with van der Waals surface area (Å²) in [7, 11) is 0. The maximum absolute atomic E-state index is 11.3. The number of aromatic nitrogens is 2. The Balaban J connectivity index is 0.000000383. The van der Waals surface area contributed by atoms with Crippen molar-refractivity contribution in [2.75, 3.05) is 0 Å². The number of carboxylic acid groups (broad SMARTS) is 1. The van der Waals surface area contributed by atoms with E-state index in [2.05, 4.69) is 22.1 Å². The van der Waals surface area contributed by atoms with Gasteiger partial charge < -0.3 is 15.8 Å². The number of imidazole rings is 1. The zero-order chi connectivity index (χ0) is 24.2. The topological polar surface area (TPSA) is 109 Å². The minimum Gasteiger partial charge on any atom is -0.475 e. The predicted molar refractivity (Wildman–Crippen MR) is 119 cm³/mol. The van der Waals surface area contributed by atoms with E-state index in [1.165, 1.54) is 0 Å². The molecule has 4 N–H and O–H groups in total. The molecule has 0 aliphatic heterocycles. The Morgan fingerprint density at radius 1 is 0.970 bits per heavy atom. The molecule has 4 aromatic rings. The quantitative estimate of drug-likeness (QED) is 0.334. The molecule has 0 aliphatic carbocycles. The van der Waals surface area contributed by atoms with Gasteiger partial charge in [-0.05, 0) is 54.6 Å². The molecule has 1 aromatic heterocycles. The third-order valence-electron chi connectivity index (χ3n) is 4.19. The van der Waals surface area contributed by atoms with Crippen LogP contribution in [0.25, 0.3) is 22.4 Å². The molecule has 0 spiro atoms. The number of carbonyl (C=O) groups is 2. The van der Waals surface area contributed by atoms with Crippen molar-refractivity contribution in [3.8, 4) is 11.4 Å². The molecule has 0 saturated heterocycles. The van der Waals surface area contributed by atoms with Crippen LogP contribution in [0.5, 0.6) is 0 Å². The largest absolute Gasteiger partial charge is 0.490 e. The molecule has 1 heterocycles. The Morgan fingerprint density at radius 3 is 2.03 bits per heavy atom. The van der Waals surface area contributed by atoms with Gasteiger partial charge in [0.2, 0.25) is 5.91 Å². The number of fused-ring (bicyclic) bond motifs is 1. The van der Waals surface area contributed by atoms with E-state index in [0.29, 0.717) is 5.56 Å². The number of nitrogens with one attached hydrogen (secondary N) is 1. The predicted octanol–water partition coefficient (Wildman–Crippen LogP) is 5.77. The molecule has 0 bridgehead atoms. The fourth-order valence-corrected chi connectivity index (χ4v) is 3.56. The third-order valence-corrected chi connectivity index (χ3v) is 5.45. The van der Waals surface area contributed by atoms with E-state index in [4.69, 9.17) is 27.2 Å². The van der Waals surface area contributed by atoms with Crippen molar-refractivity contribution in [3.63, 3.8) is 0 Å². The molecule has 1 amide bonds. The van der Waals surface area contributed by atoms with Gasteiger partial charge in [-0.3, -0.25) is 4.79 Å². The van der Waals surface area contributed by atoms with Crippen molar-refractivity contribution in [2.45, 2.75) is 16.0 Å². The van der Waals surface area contributed by atoms with Gasteiger partial charge in [0, 0.05) is 25.9 Å². The van der Waals surface area contributed by atoms with Gasteiger partial charge in [0.25, 0.3) is 0 Å². The SMILES string of the molecule is NC(=O)c1ccc2nc(-c3ccc(Sc4ccc(Cl)cc4)cc3)[nH]c2c1.O=C(O)C(F)(F)F. The number of nitrogens with zero attached hydrogens (tertiary/aromatic N) is 1. The molecule has 0 fully saturated rings. The molecule has 3 aromatic carbocycles. The maximum Gasteiger partial charge on any atom is 0.490 e. The van der Waals surface area contributed by atoms with Crippen molar-refractivity contribution >= 4 is 46.3 Å². The first-order chi connectivity index (χ1) is 15.5. The molecular weight excluding hydrogens is 479 g/mol. The van der Waals surface area contributed by atoms with Crippen molar-refractivity contribution in [1.29, 1.82) is 0 Å². The van der Waals surface area contributed by atoms with Crippen LogP contribution >= 0.6 is 23.4 Å². The number of aromatic amines is 1. The highest BCUT2D eigenvalue weighted by Crippen LogP contribution is 2.30. The second-order valence-electron chi connectivity index (χ2n) is 6.56. The van der Waals surface area contributed by atoms with Gasteiger partial charge in [0.05, 0.1) is 11.0 Å². The average molecular weight is 494 g/mol. The Labute approximate surface area is 194 Å². The number of amides is 1. The first kappa shape index (κ1) is 24.1. The summed E-state index contributed by atoms with van der Waals surface area (Å²) in [4.78, 5) is 30.3. The van der Waals surface area contributed by atoms with Crippen LogP contribution in [0.2, 0.25) is 5.02 Å². The summed E-state index contributed by atoms with van der Waals surface area (Å²) in [5.41, 5.74) is 8.35. The molecule has 170 valence electrons. The summed E-state index contributed by atoms with van der Waals surface area (Å²) < 4.78 is 31.7. The Kier molecular flexibility index (Phi) is 7.29. The number of H-pyrrole nitrogens is 1. The number of primary amides is 1. The maximum atomic E-state index is 11.3. The monoisotopic (exact) mass is 493 g/mol. The summed E-state index contributed by atoms with van der Waals surface area (Å²) in [5, 5.41) is 7.86. The number of nitrogens with two attached hydrogens (primary N) is 1. The lowest BCUT2D eigenvalue weighted by Crippen LogP contribution is -2.21. The van der Waals surface area contributed by atoms with Gasteiger partial charge in [-0.2, -0.15) is 13.2 Å². The first-order valence-electron chi connectivity index (χ1n) is 9.16. The third kappa shape index (κ3) is 6.50. The Bertz CT molecular complexity index is 1290. The molecule has 0 radical (unpaired) electrons.